The maximum absolute atomic E-state index is 12.0. The predicted molar refractivity (Wildman–Crippen MR) is 73.8 cm³/mol. The average Bonchev–Trinajstić information content (AvgIpc) is 2.45. The molecule has 0 bridgehead atoms. The first-order valence-electron chi connectivity index (χ1n) is 6.28. The van der Waals surface area contributed by atoms with Gasteiger partial charge in [-0.05, 0) is 31.0 Å². The van der Waals surface area contributed by atoms with Crippen molar-refractivity contribution in [2.24, 2.45) is 0 Å². The molecule has 0 radical (unpaired) electrons. The predicted octanol–water partition coefficient (Wildman–Crippen LogP) is 1.89. The van der Waals surface area contributed by atoms with Crippen LogP contribution in [0.25, 0.3) is 0 Å². The van der Waals surface area contributed by atoms with Crippen molar-refractivity contribution in [2.75, 3.05) is 6.54 Å². The van der Waals surface area contributed by atoms with Gasteiger partial charge in [0.1, 0.15) is 0 Å². The van der Waals surface area contributed by atoms with Crippen LogP contribution in [0.15, 0.2) is 18.2 Å². The number of halogens is 1. The number of carbonyl (C=O) groups is 2. The molecule has 0 spiro atoms. The molecule has 102 valence electrons. The van der Waals surface area contributed by atoms with Crippen LogP contribution >= 0.6 is 11.6 Å². The minimum absolute atomic E-state index is 0.0622. The van der Waals surface area contributed by atoms with Gasteiger partial charge >= 0.3 is 0 Å². The summed E-state index contributed by atoms with van der Waals surface area (Å²) in [5, 5.41) is 3.26. The Balaban J connectivity index is 2.20. The summed E-state index contributed by atoms with van der Waals surface area (Å²) >= 11 is 6.19. The molecule has 1 atom stereocenters. The van der Waals surface area contributed by atoms with E-state index in [9.17, 15) is 9.59 Å². The van der Waals surface area contributed by atoms with Gasteiger partial charge < -0.3 is 10.2 Å². The molecule has 1 saturated heterocycles. The molecule has 0 aliphatic carbocycles. The largest absolute Gasteiger partial charge is 0.347 e. The van der Waals surface area contributed by atoms with E-state index in [1.165, 1.54) is 0 Å². The van der Waals surface area contributed by atoms with Crippen molar-refractivity contribution in [3.63, 3.8) is 0 Å². The summed E-state index contributed by atoms with van der Waals surface area (Å²) in [4.78, 5) is 25.2. The molecule has 1 aliphatic rings. The van der Waals surface area contributed by atoms with Gasteiger partial charge in [0, 0.05) is 24.0 Å². The van der Waals surface area contributed by atoms with Crippen LogP contribution in [0.4, 0.5) is 0 Å². The van der Waals surface area contributed by atoms with Crippen molar-refractivity contribution < 1.29 is 9.59 Å². The molecule has 2 rings (SSSR count). The highest BCUT2D eigenvalue weighted by Gasteiger charge is 2.26. The number of rotatable bonds is 2. The molecule has 2 amide bonds. The van der Waals surface area contributed by atoms with Crippen LogP contribution < -0.4 is 5.32 Å². The quantitative estimate of drug-likeness (QED) is 0.899. The summed E-state index contributed by atoms with van der Waals surface area (Å²) in [5.41, 5.74) is 1.99. The fourth-order valence-electron chi connectivity index (χ4n) is 2.18. The summed E-state index contributed by atoms with van der Waals surface area (Å²) in [6.07, 6.45) is 0.329. The molecule has 1 heterocycles. The summed E-state index contributed by atoms with van der Waals surface area (Å²) in [5.74, 6) is -0.159. The van der Waals surface area contributed by atoms with E-state index in [0.717, 1.165) is 11.1 Å². The van der Waals surface area contributed by atoms with E-state index >= 15 is 0 Å². The lowest BCUT2D eigenvalue weighted by Gasteiger charge is -2.26. The van der Waals surface area contributed by atoms with Crippen LogP contribution in [0.2, 0.25) is 5.02 Å². The molecule has 4 nitrogen and oxygen atoms in total. The number of benzene rings is 1. The van der Waals surface area contributed by atoms with Gasteiger partial charge in [-0.3, -0.25) is 9.59 Å². The number of amides is 2. The fourth-order valence-corrected chi connectivity index (χ4v) is 2.48. The normalized spacial score (nSPS) is 20.2. The molecule has 1 unspecified atom stereocenters. The van der Waals surface area contributed by atoms with Gasteiger partial charge in [-0.15, -0.1) is 0 Å². The van der Waals surface area contributed by atoms with Crippen molar-refractivity contribution in [3.05, 3.63) is 34.3 Å². The lowest BCUT2D eigenvalue weighted by molar-refractivity contribution is -0.132. The zero-order valence-corrected chi connectivity index (χ0v) is 11.8. The third-order valence-corrected chi connectivity index (χ3v) is 3.67. The van der Waals surface area contributed by atoms with Crippen LogP contribution in [0.1, 0.15) is 24.5 Å². The van der Waals surface area contributed by atoms with Crippen LogP contribution in [0, 0.1) is 6.92 Å². The van der Waals surface area contributed by atoms with Crippen molar-refractivity contribution >= 4 is 23.4 Å². The Hall–Kier alpha value is -1.55. The van der Waals surface area contributed by atoms with Crippen LogP contribution in [-0.4, -0.2) is 29.3 Å². The smallest absolute Gasteiger partial charge is 0.242 e. The lowest BCUT2D eigenvalue weighted by Crippen LogP contribution is -2.39. The second-order valence-electron chi connectivity index (χ2n) is 4.95. The first-order chi connectivity index (χ1) is 8.97. The minimum atomic E-state index is -0.118. The Labute approximate surface area is 117 Å². The summed E-state index contributed by atoms with van der Waals surface area (Å²) in [7, 11) is 0. The van der Waals surface area contributed by atoms with Gasteiger partial charge in [0.25, 0.3) is 0 Å². The van der Waals surface area contributed by atoms with Gasteiger partial charge in [-0.2, -0.15) is 0 Å². The molecular weight excluding hydrogens is 264 g/mol. The standard InChI is InChI=1S/C14H17ClN2O2/c1-9-3-4-11(12(15)5-9)8-17-10(2)6-13(18)16-7-14(17)19/h3-5,10H,6-8H2,1-2H3,(H,16,18). The van der Waals surface area contributed by atoms with Crippen LogP contribution in [-0.2, 0) is 16.1 Å². The topological polar surface area (TPSA) is 49.4 Å². The monoisotopic (exact) mass is 280 g/mol. The first kappa shape index (κ1) is 13.9. The second-order valence-corrected chi connectivity index (χ2v) is 5.35. The number of carbonyl (C=O) groups excluding carboxylic acids is 2. The number of hydrogen-bond donors (Lipinski definition) is 1. The molecular formula is C14H17ClN2O2. The van der Waals surface area contributed by atoms with E-state index < -0.39 is 0 Å². The van der Waals surface area contributed by atoms with Gasteiger partial charge in [0.2, 0.25) is 11.8 Å². The number of aryl methyl sites for hydroxylation is 1. The average molecular weight is 281 g/mol. The molecule has 1 aliphatic heterocycles. The summed E-state index contributed by atoms with van der Waals surface area (Å²) in [6, 6.07) is 5.66. The fraction of sp³-hybridized carbons (Fsp3) is 0.429. The third-order valence-electron chi connectivity index (χ3n) is 3.32. The second kappa shape index (κ2) is 5.61. The lowest BCUT2D eigenvalue weighted by atomic mass is 10.1. The van der Waals surface area contributed by atoms with E-state index in [-0.39, 0.29) is 24.4 Å². The maximum Gasteiger partial charge on any atom is 0.242 e. The number of nitrogens with zero attached hydrogens (tertiary/aromatic N) is 1. The van der Waals surface area contributed by atoms with Crippen LogP contribution in [0.3, 0.4) is 0 Å². The summed E-state index contributed by atoms with van der Waals surface area (Å²) in [6.45, 7) is 4.35. The zero-order valence-electron chi connectivity index (χ0n) is 11.1. The van der Waals surface area contributed by atoms with E-state index in [1.807, 2.05) is 32.0 Å². The van der Waals surface area contributed by atoms with E-state index in [2.05, 4.69) is 5.32 Å². The maximum atomic E-state index is 12.0. The highest BCUT2D eigenvalue weighted by molar-refractivity contribution is 6.31. The van der Waals surface area contributed by atoms with E-state index in [1.54, 1.807) is 4.90 Å². The van der Waals surface area contributed by atoms with Gasteiger partial charge in [-0.1, -0.05) is 23.7 Å². The molecule has 1 aromatic carbocycles. The Kier molecular flexibility index (Phi) is 4.10. The Morgan fingerprint density at radius 3 is 2.84 bits per heavy atom. The minimum Gasteiger partial charge on any atom is -0.347 e. The number of hydrogen-bond acceptors (Lipinski definition) is 2. The molecule has 19 heavy (non-hydrogen) atoms. The zero-order chi connectivity index (χ0) is 14.0. The van der Waals surface area contributed by atoms with Crippen LogP contribution in [0.5, 0.6) is 0 Å². The van der Waals surface area contributed by atoms with E-state index in [0.29, 0.717) is 18.0 Å². The number of nitrogens with one attached hydrogen (secondary N) is 1. The van der Waals surface area contributed by atoms with Crippen molar-refractivity contribution in [1.29, 1.82) is 0 Å². The third kappa shape index (κ3) is 3.26. The Morgan fingerprint density at radius 2 is 2.16 bits per heavy atom. The van der Waals surface area contributed by atoms with Crippen molar-refractivity contribution in [3.8, 4) is 0 Å². The first-order valence-corrected chi connectivity index (χ1v) is 6.66. The van der Waals surface area contributed by atoms with Gasteiger partial charge in [0.05, 0.1) is 6.54 Å². The Bertz CT molecular complexity index is 516. The molecule has 1 N–H and O–H groups in total. The molecule has 0 aromatic heterocycles. The highest BCUT2D eigenvalue weighted by atomic mass is 35.5. The van der Waals surface area contributed by atoms with Gasteiger partial charge in [0.15, 0.2) is 0 Å². The van der Waals surface area contributed by atoms with Gasteiger partial charge in [-0.25, -0.2) is 0 Å². The molecule has 5 heteroatoms. The molecule has 1 fully saturated rings. The van der Waals surface area contributed by atoms with Crippen molar-refractivity contribution in [2.45, 2.75) is 32.9 Å². The van der Waals surface area contributed by atoms with Crippen molar-refractivity contribution in [1.82, 2.24) is 10.2 Å². The molecule has 1 aromatic rings. The SMILES string of the molecule is Cc1ccc(CN2C(=O)CNC(=O)CC2C)c(Cl)c1. The highest BCUT2D eigenvalue weighted by Crippen LogP contribution is 2.21. The van der Waals surface area contributed by atoms with E-state index in [4.69, 9.17) is 11.6 Å². The molecule has 0 saturated carbocycles. The summed E-state index contributed by atoms with van der Waals surface area (Å²) < 4.78 is 0. The Morgan fingerprint density at radius 1 is 1.42 bits per heavy atom.